The summed E-state index contributed by atoms with van der Waals surface area (Å²) in [7, 11) is 0. The van der Waals surface area contributed by atoms with Gasteiger partial charge in [0.1, 0.15) is 37.1 Å². The minimum absolute atomic E-state index is 0.0271. The molecule has 0 aliphatic carbocycles. The van der Waals surface area contributed by atoms with Crippen LogP contribution in [0, 0.1) is 30.3 Å². The van der Waals surface area contributed by atoms with Gasteiger partial charge in [-0.1, -0.05) is 0 Å². The van der Waals surface area contributed by atoms with Gasteiger partial charge in [-0.05, 0) is 36.4 Å². The van der Waals surface area contributed by atoms with Gasteiger partial charge in [0.25, 0.3) is 17.1 Å². The van der Waals surface area contributed by atoms with Crippen LogP contribution in [0.2, 0.25) is 0 Å². The summed E-state index contributed by atoms with van der Waals surface area (Å²) in [4.78, 5) is 32.9. The van der Waals surface area contributed by atoms with E-state index in [-0.39, 0.29) is 17.1 Å². The lowest BCUT2D eigenvalue weighted by molar-refractivity contribution is -0.385. The van der Waals surface area contributed by atoms with Gasteiger partial charge >= 0.3 is 0 Å². The van der Waals surface area contributed by atoms with Gasteiger partial charge < -0.3 is 14.2 Å². The summed E-state index contributed by atoms with van der Waals surface area (Å²) in [6.07, 6.45) is 0. The van der Waals surface area contributed by atoms with E-state index in [1.54, 1.807) is 0 Å². The van der Waals surface area contributed by atoms with Crippen LogP contribution in [0.4, 0.5) is 17.1 Å². The first kappa shape index (κ1) is 26.8. The van der Waals surface area contributed by atoms with Crippen LogP contribution in [-0.4, -0.2) is 59.1 Å². The molecule has 0 bridgehead atoms. The molecule has 3 rings (SSSR count). The lowest BCUT2D eigenvalue weighted by atomic mass is 10.3. The third-order valence-corrected chi connectivity index (χ3v) is 5.17. The van der Waals surface area contributed by atoms with Crippen LogP contribution in [0.1, 0.15) is 0 Å². The maximum absolute atomic E-state index is 10.8. The van der Waals surface area contributed by atoms with Crippen molar-refractivity contribution in [1.82, 2.24) is 4.90 Å². The Labute approximate surface area is 211 Å². The second kappa shape index (κ2) is 13.3. The van der Waals surface area contributed by atoms with Crippen molar-refractivity contribution in [1.29, 1.82) is 0 Å². The highest BCUT2D eigenvalue weighted by molar-refractivity contribution is 5.37. The highest BCUT2D eigenvalue weighted by Gasteiger charge is 2.10. The van der Waals surface area contributed by atoms with E-state index < -0.39 is 14.8 Å². The third-order valence-electron chi connectivity index (χ3n) is 5.17. The molecule has 0 amide bonds. The second-order valence-electron chi connectivity index (χ2n) is 7.64. The van der Waals surface area contributed by atoms with E-state index >= 15 is 0 Å². The summed E-state index contributed by atoms with van der Waals surface area (Å²) >= 11 is 0. The van der Waals surface area contributed by atoms with E-state index in [0.717, 1.165) is 0 Å². The number of hydrogen-bond acceptors (Lipinski definition) is 10. The Kier molecular flexibility index (Phi) is 9.67. The molecular weight excluding hydrogens is 488 g/mol. The number of rotatable bonds is 15. The normalized spacial score (nSPS) is 10.6. The Balaban J connectivity index is 1.51. The molecule has 194 valence electrons. The zero-order valence-electron chi connectivity index (χ0n) is 19.6. The van der Waals surface area contributed by atoms with E-state index in [4.69, 9.17) is 14.2 Å². The van der Waals surface area contributed by atoms with Crippen molar-refractivity contribution < 1.29 is 29.0 Å². The average Bonchev–Trinajstić information content (AvgIpc) is 2.89. The molecule has 0 aromatic heterocycles. The maximum Gasteiger partial charge on any atom is 0.269 e. The van der Waals surface area contributed by atoms with Gasteiger partial charge in [0.2, 0.25) is 0 Å². The van der Waals surface area contributed by atoms with Crippen molar-refractivity contribution in [3.05, 3.63) is 103 Å². The van der Waals surface area contributed by atoms with Crippen LogP contribution in [0.3, 0.4) is 0 Å². The molecule has 13 nitrogen and oxygen atoms in total. The summed E-state index contributed by atoms with van der Waals surface area (Å²) in [5.41, 5.74) is -0.0812. The Morgan fingerprint density at radius 1 is 0.486 bits per heavy atom. The molecule has 37 heavy (non-hydrogen) atoms. The van der Waals surface area contributed by atoms with E-state index in [2.05, 4.69) is 0 Å². The summed E-state index contributed by atoms with van der Waals surface area (Å²) in [6.45, 7) is 2.37. The number of benzene rings is 3. The predicted octanol–water partition coefficient (Wildman–Crippen LogP) is 4.25. The number of non-ortho nitro benzene ring substituents is 3. The van der Waals surface area contributed by atoms with Crippen LogP contribution in [0.15, 0.2) is 72.8 Å². The van der Waals surface area contributed by atoms with Crippen LogP contribution in [0.5, 0.6) is 17.2 Å². The maximum atomic E-state index is 10.8. The van der Waals surface area contributed by atoms with Crippen molar-refractivity contribution in [2.24, 2.45) is 0 Å². The van der Waals surface area contributed by atoms with Gasteiger partial charge in [-0.15, -0.1) is 0 Å². The first-order valence-electron chi connectivity index (χ1n) is 11.2. The number of nitro groups is 3. The summed E-state index contributed by atoms with van der Waals surface area (Å²) in [6, 6.07) is 17.3. The first-order chi connectivity index (χ1) is 17.8. The molecule has 0 saturated carbocycles. The molecule has 0 aliphatic rings. The van der Waals surface area contributed by atoms with Crippen molar-refractivity contribution in [3.63, 3.8) is 0 Å². The fraction of sp³-hybridized carbons (Fsp3) is 0.250. The van der Waals surface area contributed by atoms with Gasteiger partial charge in [-0.3, -0.25) is 35.2 Å². The smallest absolute Gasteiger partial charge is 0.269 e. The molecule has 0 heterocycles. The standard InChI is InChI=1S/C24H24N4O9/c29-26(30)19-1-7-22(8-2-19)35-16-13-25(14-17-36-23-9-3-20(4-10-23)27(31)32)15-18-37-24-11-5-21(6-12-24)28(33)34/h1-12H,13-18H2. The number of hydrogen-bond donors (Lipinski definition) is 0. The molecule has 3 aromatic carbocycles. The Morgan fingerprint density at radius 2 is 0.730 bits per heavy atom. The van der Waals surface area contributed by atoms with E-state index in [1.165, 1.54) is 72.8 Å². The van der Waals surface area contributed by atoms with Crippen molar-refractivity contribution >= 4 is 17.1 Å². The topological polar surface area (TPSA) is 160 Å². The molecule has 0 unspecified atom stereocenters. The number of nitro benzene ring substituents is 3. The van der Waals surface area contributed by atoms with Gasteiger partial charge in [-0.2, -0.15) is 0 Å². The molecule has 13 heteroatoms. The predicted molar refractivity (Wildman–Crippen MR) is 132 cm³/mol. The van der Waals surface area contributed by atoms with Crippen LogP contribution in [0.25, 0.3) is 0 Å². The van der Waals surface area contributed by atoms with Crippen LogP contribution < -0.4 is 14.2 Å². The second-order valence-corrected chi connectivity index (χ2v) is 7.64. The van der Waals surface area contributed by atoms with Crippen LogP contribution in [-0.2, 0) is 0 Å². The summed E-state index contributed by atoms with van der Waals surface area (Å²) in [5, 5.41) is 32.4. The Hall–Kier alpha value is -4.78. The molecule has 0 atom stereocenters. The van der Waals surface area contributed by atoms with E-state index in [9.17, 15) is 30.3 Å². The molecule has 0 fully saturated rings. The third kappa shape index (κ3) is 8.74. The monoisotopic (exact) mass is 512 g/mol. The lowest BCUT2D eigenvalue weighted by Gasteiger charge is -2.22. The Morgan fingerprint density at radius 3 is 0.946 bits per heavy atom. The highest BCUT2D eigenvalue weighted by atomic mass is 16.6. The van der Waals surface area contributed by atoms with Gasteiger partial charge in [0.15, 0.2) is 0 Å². The van der Waals surface area contributed by atoms with Gasteiger partial charge in [-0.25, -0.2) is 0 Å². The molecule has 0 aliphatic heterocycles. The zero-order valence-corrected chi connectivity index (χ0v) is 19.6. The minimum Gasteiger partial charge on any atom is -0.492 e. The summed E-state index contributed by atoms with van der Waals surface area (Å²) in [5.74, 6) is 1.49. The largest absolute Gasteiger partial charge is 0.492 e. The van der Waals surface area contributed by atoms with Gasteiger partial charge in [0.05, 0.1) is 14.8 Å². The lowest BCUT2D eigenvalue weighted by Crippen LogP contribution is -2.35. The molecule has 0 saturated heterocycles. The van der Waals surface area contributed by atoms with Crippen LogP contribution >= 0.6 is 0 Å². The quantitative estimate of drug-likeness (QED) is 0.213. The van der Waals surface area contributed by atoms with E-state index in [1.807, 2.05) is 4.90 Å². The molecule has 3 aromatic rings. The van der Waals surface area contributed by atoms with E-state index in [0.29, 0.717) is 56.7 Å². The first-order valence-corrected chi connectivity index (χ1v) is 11.2. The SMILES string of the molecule is O=[N+]([O-])c1ccc(OCCN(CCOc2ccc([N+](=O)[O-])cc2)CCOc2ccc([N+](=O)[O-])cc2)cc1. The van der Waals surface area contributed by atoms with Gasteiger partial charge in [0, 0.05) is 56.0 Å². The summed E-state index contributed by atoms with van der Waals surface area (Å²) < 4.78 is 17.1. The Bertz CT molecular complexity index is 1040. The fourth-order valence-corrected chi connectivity index (χ4v) is 3.21. The van der Waals surface area contributed by atoms with Crippen molar-refractivity contribution in [2.45, 2.75) is 0 Å². The zero-order chi connectivity index (χ0) is 26.6. The number of nitrogens with zero attached hydrogens (tertiary/aromatic N) is 4. The minimum atomic E-state index is -0.485. The van der Waals surface area contributed by atoms with Crippen molar-refractivity contribution in [3.8, 4) is 17.2 Å². The number of ether oxygens (including phenoxy) is 3. The molecule has 0 radical (unpaired) electrons. The molecule has 0 spiro atoms. The average molecular weight is 512 g/mol. The molecule has 0 N–H and O–H groups in total. The fourth-order valence-electron chi connectivity index (χ4n) is 3.21. The molecular formula is C24H24N4O9. The highest BCUT2D eigenvalue weighted by Crippen LogP contribution is 2.19. The van der Waals surface area contributed by atoms with Crippen molar-refractivity contribution in [2.75, 3.05) is 39.5 Å².